The average Bonchev–Trinajstić information content (AvgIpc) is 2.97. The highest BCUT2D eigenvalue weighted by Crippen LogP contribution is 2.22. The first-order chi connectivity index (χ1) is 11.0. The molecular formula is C15H19ClN4O3. The molecule has 0 spiro atoms. The Hall–Kier alpha value is -2.28. The maximum absolute atomic E-state index is 12.1. The minimum Gasteiger partial charge on any atom is -0.496 e. The quantitative estimate of drug-likeness (QED) is 0.845. The van der Waals surface area contributed by atoms with Crippen molar-refractivity contribution >= 4 is 17.6 Å². The molecule has 0 radical (unpaired) electrons. The number of hydrogen-bond donors (Lipinski definition) is 2. The third kappa shape index (κ3) is 4.59. The predicted octanol–water partition coefficient (Wildman–Crippen LogP) is 2.99. The van der Waals surface area contributed by atoms with Crippen LogP contribution in [0, 0.1) is 6.92 Å². The monoisotopic (exact) mass is 338 g/mol. The largest absolute Gasteiger partial charge is 0.496 e. The fourth-order valence-corrected chi connectivity index (χ4v) is 2.27. The van der Waals surface area contributed by atoms with Gasteiger partial charge in [0.2, 0.25) is 5.89 Å². The number of nitrogens with zero attached hydrogens (tertiary/aromatic N) is 2. The Morgan fingerprint density at radius 3 is 2.87 bits per heavy atom. The van der Waals surface area contributed by atoms with Crippen molar-refractivity contribution in [2.45, 2.75) is 32.9 Å². The second kappa shape index (κ2) is 7.82. The normalized spacial score (nSPS) is 11.8. The number of aromatic nitrogens is 2. The zero-order valence-electron chi connectivity index (χ0n) is 13.2. The van der Waals surface area contributed by atoms with Crippen LogP contribution in [0.25, 0.3) is 0 Å². The van der Waals surface area contributed by atoms with Crippen molar-refractivity contribution in [3.05, 3.63) is 40.5 Å². The molecule has 2 amide bonds. The molecule has 0 aliphatic carbocycles. The van der Waals surface area contributed by atoms with E-state index in [1.54, 1.807) is 32.2 Å². The summed E-state index contributed by atoms with van der Waals surface area (Å²) in [6.07, 6.45) is 0.646. The van der Waals surface area contributed by atoms with E-state index >= 15 is 0 Å². The van der Waals surface area contributed by atoms with E-state index in [0.717, 1.165) is 5.56 Å². The minimum atomic E-state index is -0.332. The van der Waals surface area contributed by atoms with E-state index in [0.29, 0.717) is 28.9 Å². The molecule has 124 valence electrons. The van der Waals surface area contributed by atoms with E-state index < -0.39 is 0 Å². The predicted molar refractivity (Wildman–Crippen MR) is 85.4 cm³/mol. The van der Waals surface area contributed by atoms with Gasteiger partial charge in [0.25, 0.3) is 0 Å². The number of benzene rings is 1. The van der Waals surface area contributed by atoms with Crippen molar-refractivity contribution in [3.63, 3.8) is 0 Å². The molecule has 1 aromatic carbocycles. The maximum atomic E-state index is 12.1. The lowest BCUT2D eigenvalue weighted by Crippen LogP contribution is -2.37. The van der Waals surface area contributed by atoms with E-state index in [1.165, 1.54) is 0 Å². The Bertz CT molecular complexity index is 674. The van der Waals surface area contributed by atoms with Gasteiger partial charge in [-0.05, 0) is 24.6 Å². The highest BCUT2D eigenvalue weighted by atomic mass is 35.5. The van der Waals surface area contributed by atoms with Gasteiger partial charge in [-0.15, -0.1) is 0 Å². The summed E-state index contributed by atoms with van der Waals surface area (Å²) < 4.78 is 10.2. The van der Waals surface area contributed by atoms with Crippen LogP contribution in [0.2, 0.25) is 5.02 Å². The minimum absolute atomic E-state index is 0.289. The van der Waals surface area contributed by atoms with Crippen LogP contribution in [0.3, 0.4) is 0 Å². The number of halogens is 1. The Labute approximate surface area is 139 Å². The average molecular weight is 339 g/mol. The lowest BCUT2D eigenvalue weighted by Gasteiger charge is -2.15. The van der Waals surface area contributed by atoms with Crippen LogP contribution in [0.1, 0.15) is 36.7 Å². The molecule has 2 rings (SSSR count). The first-order valence-corrected chi connectivity index (χ1v) is 7.58. The highest BCUT2D eigenvalue weighted by molar-refractivity contribution is 6.30. The third-order valence-corrected chi connectivity index (χ3v) is 3.49. The molecule has 1 atom stereocenters. The van der Waals surface area contributed by atoms with Crippen molar-refractivity contribution in [1.82, 2.24) is 20.8 Å². The maximum Gasteiger partial charge on any atom is 0.315 e. The SMILES string of the molecule is CC[C@H](NC(=O)NCc1cc(Cl)ccc1OC)c1noc(C)n1. The molecule has 0 bridgehead atoms. The number of nitrogens with one attached hydrogen (secondary N) is 2. The van der Waals surface area contributed by atoms with E-state index in [4.69, 9.17) is 20.9 Å². The lowest BCUT2D eigenvalue weighted by molar-refractivity contribution is 0.235. The summed E-state index contributed by atoms with van der Waals surface area (Å²) in [7, 11) is 1.57. The molecule has 2 N–H and O–H groups in total. The third-order valence-electron chi connectivity index (χ3n) is 3.25. The van der Waals surface area contributed by atoms with Gasteiger partial charge in [-0.3, -0.25) is 0 Å². The van der Waals surface area contributed by atoms with Gasteiger partial charge >= 0.3 is 6.03 Å². The Morgan fingerprint density at radius 2 is 2.26 bits per heavy atom. The number of hydrogen-bond acceptors (Lipinski definition) is 5. The van der Waals surface area contributed by atoms with Gasteiger partial charge in [-0.1, -0.05) is 23.7 Å². The number of urea groups is 1. The summed E-state index contributed by atoms with van der Waals surface area (Å²) in [6.45, 7) is 3.92. The van der Waals surface area contributed by atoms with Crippen molar-refractivity contribution in [3.8, 4) is 5.75 Å². The van der Waals surface area contributed by atoms with Crippen LogP contribution < -0.4 is 15.4 Å². The Morgan fingerprint density at radius 1 is 1.48 bits per heavy atom. The van der Waals surface area contributed by atoms with Crippen LogP contribution >= 0.6 is 11.6 Å². The van der Waals surface area contributed by atoms with Crippen LogP contribution in [0.4, 0.5) is 4.79 Å². The number of carbonyl (C=O) groups is 1. The number of carbonyl (C=O) groups excluding carboxylic acids is 1. The molecular weight excluding hydrogens is 320 g/mol. The molecule has 0 unspecified atom stereocenters. The van der Waals surface area contributed by atoms with Crippen LogP contribution in [0.15, 0.2) is 22.7 Å². The summed E-state index contributed by atoms with van der Waals surface area (Å²) in [4.78, 5) is 16.2. The molecule has 8 heteroatoms. The molecule has 2 aromatic rings. The van der Waals surface area contributed by atoms with Crippen molar-refractivity contribution in [2.24, 2.45) is 0 Å². The molecule has 0 aliphatic heterocycles. The molecule has 0 saturated heterocycles. The van der Waals surface area contributed by atoms with Crippen molar-refractivity contribution in [2.75, 3.05) is 7.11 Å². The van der Waals surface area contributed by atoms with Crippen LogP contribution in [-0.2, 0) is 6.54 Å². The summed E-state index contributed by atoms with van der Waals surface area (Å²) in [6, 6.07) is 4.60. The molecule has 1 aromatic heterocycles. The zero-order valence-corrected chi connectivity index (χ0v) is 14.0. The zero-order chi connectivity index (χ0) is 16.8. The molecule has 7 nitrogen and oxygen atoms in total. The molecule has 0 fully saturated rings. The number of ether oxygens (including phenoxy) is 1. The number of methoxy groups -OCH3 is 1. The van der Waals surface area contributed by atoms with Gasteiger partial charge in [-0.25, -0.2) is 4.79 Å². The first-order valence-electron chi connectivity index (χ1n) is 7.20. The molecule has 23 heavy (non-hydrogen) atoms. The Kier molecular flexibility index (Phi) is 5.81. The second-order valence-electron chi connectivity index (χ2n) is 4.92. The lowest BCUT2D eigenvalue weighted by atomic mass is 10.2. The van der Waals surface area contributed by atoms with Crippen molar-refractivity contribution in [1.29, 1.82) is 0 Å². The Balaban J connectivity index is 1.95. The van der Waals surface area contributed by atoms with Gasteiger partial charge in [0.15, 0.2) is 5.82 Å². The number of aryl methyl sites for hydroxylation is 1. The summed E-state index contributed by atoms with van der Waals surface area (Å²) in [5.74, 6) is 1.58. The van der Waals surface area contributed by atoms with Crippen LogP contribution in [-0.4, -0.2) is 23.3 Å². The van der Waals surface area contributed by atoms with Gasteiger partial charge in [0.05, 0.1) is 13.2 Å². The van der Waals surface area contributed by atoms with E-state index in [9.17, 15) is 4.79 Å². The summed E-state index contributed by atoms with van der Waals surface area (Å²) >= 11 is 5.97. The van der Waals surface area contributed by atoms with E-state index in [1.807, 2.05) is 6.92 Å². The smallest absolute Gasteiger partial charge is 0.315 e. The molecule has 0 saturated carbocycles. The van der Waals surface area contributed by atoms with Crippen LogP contribution in [0.5, 0.6) is 5.75 Å². The van der Waals surface area contributed by atoms with Gasteiger partial charge in [-0.2, -0.15) is 4.98 Å². The molecule has 1 heterocycles. The standard InChI is InChI=1S/C15H19ClN4O3/c1-4-12(14-18-9(2)23-20-14)19-15(21)17-8-10-7-11(16)5-6-13(10)22-3/h5-7,12H,4,8H2,1-3H3,(H2,17,19,21)/t12-/m0/s1. The second-order valence-corrected chi connectivity index (χ2v) is 5.35. The fraction of sp³-hybridized carbons (Fsp3) is 0.400. The van der Waals surface area contributed by atoms with Gasteiger partial charge < -0.3 is 19.9 Å². The fourth-order valence-electron chi connectivity index (χ4n) is 2.08. The van der Waals surface area contributed by atoms with Crippen molar-refractivity contribution < 1.29 is 14.1 Å². The highest BCUT2D eigenvalue weighted by Gasteiger charge is 2.18. The first kappa shape index (κ1) is 17.1. The number of rotatable bonds is 6. The summed E-state index contributed by atoms with van der Waals surface area (Å²) in [5.41, 5.74) is 0.790. The van der Waals surface area contributed by atoms with E-state index in [2.05, 4.69) is 20.8 Å². The van der Waals surface area contributed by atoms with E-state index in [-0.39, 0.29) is 18.6 Å². The van der Waals surface area contributed by atoms with Gasteiger partial charge in [0, 0.05) is 24.1 Å². The molecule has 0 aliphatic rings. The topological polar surface area (TPSA) is 89.3 Å². The summed E-state index contributed by atoms with van der Waals surface area (Å²) in [5, 5.41) is 9.99. The van der Waals surface area contributed by atoms with Gasteiger partial charge in [0.1, 0.15) is 5.75 Å². The number of amides is 2.